The van der Waals surface area contributed by atoms with Crippen LogP contribution >= 0.6 is 12.4 Å². The smallest absolute Gasteiger partial charge is 0.323 e. The minimum atomic E-state index is -0.356. The highest BCUT2D eigenvalue weighted by Gasteiger charge is 2.31. The van der Waals surface area contributed by atoms with Gasteiger partial charge in [0.1, 0.15) is 17.9 Å². The van der Waals surface area contributed by atoms with E-state index < -0.39 is 0 Å². The number of esters is 1. The van der Waals surface area contributed by atoms with Crippen molar-refractivity contribution >= 4 is 35.4 Å². The van der Waals surface area contributed by atoms with E-state index in [4.69, 9.17) is 18.9 Å². The Bertz CT molecular complexity index is 830. The van der Waals surface area contributed by atoms with Gasteiger partial charge in [0.05, 0.1) is 12.6 Å². The van der Waals surface area contributed by atoms with Crippen LogP contribution in [0, 0.1) is 0 Å². The van der Waals surface area contributed by atoms with E-state index in [2.05, 4.69) is 16.9 Å². The molecule has 2 heterocycles. The lowest BCUT2D eigenvalue weighted by molar-refractivity contribution is -0.142. The molecule has 0 bridgehead atoms. The van der Waals surface area contributed by atoms with E-state index in [-0.39, 0.29) is 37.3 Å². The van der Waals surface area contributed by atoms with Crippen LogP contribution in [0.3, 0.4) is 0 Å². The number of hydrogen-bond acceptors (Lipinski definition) is 7. The molecule has 7 nitrogen and oxygen atoms in total. The molecule has 1 fully saturated rings. The number of halogens is 1. The monoisotopic (exact) mass is 408 g/mol. The van der Waals surface area contributed by atoms with Crippen LogP contribution in [0.1, 0.15) is 18.9 Å². The summed E-state index contributed by atoms with van der Waals surface area (Å²) < 4.78 is 21.8. The number of pyridine rings is 1. The number of fused-ring (bicyclic) bond motifs is 1. The molecule has 0 radical (unpaired) electrons. The van der Waals surface area contributed by atoms with Gasteiger partial charge in [-0.15, -0.1) is 12.4 Å². The lowest BCUT2D eigenvalue weighted by Crippen LogP contribution is -2.31. The van der Waals surface area contributed by atoms with Crippen LogP contribution in [0.4, 0.5) is 0 Å². The summed E-state index contributed by atoms with van der Waals surface area (Å²) in [7, 11) is 1.38. The molecule has 1 aromatic heterocycles. The van der Waals surface area contributed by atoms with Gasteiger partial charge < -0.3 is 24.3 Å². The van der Waals surface area contributed by atoms with Crippen LogP contribution in [-0.4, -0.2) is 50.2 Å². The van der Waals surface area contributed by atoms with Crippen molar-refractivity contribution in [2.75, 3.05) is 27.1 Å². The Hall–Kier alpha value is -2.35. The molecular formula is C20H25ClN2O5. The highest BCUT2D eigenvalue weighted by Crippen LogP contribution is 2.31. The summed E-state index contributed by atoms with van der Waals surface area (Å²) in [4.78, 5) is 16.2. The van der Waals surface area contributed by atoms with Crippen molar-refractivity contribution in [3.8, 4) is 11.6 Å². The lowest BCUT2D eigenvalue weighted by Gasteiger charge is -2.16. The molecule has 1 aliphatic heterocycles. The van der Waals surface area contributed by atoms with Crippen molar-refractivity contribution in [3.63, 3.8) is 0 Å². The van der Waals surface area contributed by atoms with E-state index in [1.54, 1.807) is 12.1 Å². The highest BCUT2D eigenvalue weighted by molar-refractivity contribution is 5.87. The van der Waals surface area contributed by atoms with Gasteiger partial charge in [0.2, 0.25) is 5.88 Å². The zero-order valence-corrected chi connectivity index (χ0v) is 16.8. The number of nitrogens with zero attached hydrogens (tertiary/aromatic N) is 1. The van der Waals surface area contributed by atoms with Crippen LogP contribution < -0.4 is 14.8 Å². The summed E-state index contributed by atoms with van der Waals surface area (Å²) in [6.45, 7) is 6.94. The number of nitrogens with one attached hydrogen (secondary N) is 1. The summed E-state index contributed by atoms with van der Waals surface area (Å²) in [5.74, 6) is 0.788. The third-order valence-electron chi connectivity index (χ3n) is 4.37. The molecule has 28 heavy (non-hydrogen) atoms. The predicted molar refractivity (Wildman–Crippen MR) is 109 cm³/mol. The first-order chi connectivity index (χ1) is 13.1. The molecule has 0 amide bonds. The summed E-state index contributed by atoms with van der Waals surface area (Å²) in [5, 5.41) is 3.98. The van der Waals surface area contributed by atoms with Crippen LogP contribution in [0.2, 0.25) is 0 Å². The first-order valence-electron chi connectivity index (χ1n) is 8.90. The Kier molecular flexibility index (Phi) is 8.04. The number of methoxy groups -OCH3 is 1. The number of aromatic nitrogens is 1. The average molecular weight is 409 g/mol. The third kappa shape index (κ3) is 5.13. The van der Waals surface area contributed by atoms with Crippen LogP contribution in [0.15, 0.2) is 30.8 Å². The van der Waals surface area contributed by atoms with E-state index in [0.717, 1.165) is 16.5 Å². The summed E-state index contributed by atoms with van der Waals surface area (Å²) in [5.41, 5.74) is 1.72. The maximum Gasteiger partial charge on any atom is 0.323 e. The second-order valence-electron chi connectivity index (χ2n) is 6.15. The van der Waals surface area contributed by atoms with E-state index >= 15 is 0 Å². The normalized spacial score (nSPS) is 18.4. The number of ether oxygens (including phenoxy) is 4. The molecule has 0 unspecified atom stereocenters. The van der Waals surface area contributed by atoms with Crippen molar-refractivity contribution in [2.24, 2.45) is 0 Å². The van der Waals surface area contributed by atoms with E-state index in [9.17, 15) is 4.79 Å². The molecule has 0 saturated carbocycles. The number of rotatable bonds is 8. The van der Waals surface area contributed by atoms with Crippen molar-refractivity contribution in [1.29, 1.82) is 0 Å². The number of carbonyl (C=O) groups is 1. The van der Waals surface area contributed by atoms with Gasteiger partial charge in [-0.2, -0.15) is 0 Å². The maximum absolute atomic E-state index is 11.7. The summed E-state index contributed by atoms with van der Waals surface area (Å²) in [6.07, 6.45) is 2.15. The fourth-order valence-corrected chi connectivity index (χ4v) is 2.97. The number of hydrogen-bond donors (Lipinski definition) is 1. The van der Waals surface area contributed by atoms with Gasteiger partial charge in [0, 0.05) is 31.0 Å². The number of benzene rings is 1. The second-order valence-corrected chi connectivity index (χ2v) is 6.15. The van der Waals surface area contributed by atoms with Crippen LogP contribution in [0.5, 0.6) is 11.6 Å². The Morgan fingerprint density at radius 1 is 1.39 bits per heavy atom. The topological polar surface area (TPSA) is 78.9 Å². The van der Waals surface area contributed by atoms with Crippen molar-refractivity contribution in [2.45, 2.75) is 25.5 Å². The SMILES string of the molecule is C=Cc1ccc2nc(OCOCC)cc(O[C@H]3CN[C@H](C(=O)OC)C3)c2c1.Cl. The highest BCUT2D eigenvalue weighted by atomic mass is 35.5. The molecule has 8 heteroatoms. The lowest BCUT2D eigenvalue weighted by atomic mass is 10.1. The zero-order chi connectivity index (χ0) is 19.2. The van der Waals surface area contributed by atoms with Crippen molar-refractivity contribution < 1.29 is 23.7 Å². The molecule has 1 aromatic carbocycles. The molecule has 0 aliphatic carbocycles. The van der Waals surface area contributed by atoms with Gasteiger partial charge in [-0.25, -0.2) is 4.98 Å². The molecule has 1 saturated heterocycles. The van der Waals surface area contributed by atoms with Crippen molar-refractivity contribution in [3.05, 3.63) is 36.4 Å². The van der Waals surface area contributed by atoms with E-state index in [0.29, 0.717) is 31.2 Å². The molecule has 0 spiro atoms. The van der Waals surface area contributed by atoms with Gasteiger partial charge in [0.25, 0.3) is 0 Å². The third-order valence-corrected chi connectivity index (χ3v) is 4.37. The fraction of sp³-hybridized carbons (Fsp3) is 0.400. The first kappa shape index (κ1) is 21.9. The summed E-state index contributed by atoms with van der Waals surface area (Å²) >= 11 is 0. The van der Waals surface area contributed by atoms with Crippen molar-refractivity contribution in [1.82, 2.24) is 10.3 Å². The minimum Gasteiger partial charge on any atom is -0.488 e. The summed E-state index contributed by atoms with van der Waals surface area (Å²) in [6, 6.07) is 7.20. The minimum absolute atomic E-state index is 0. The van der Waals surface area contributed by atoms with E-state index in [1.807, 2.05) is 25.1 Å². The molecule has 1 aliphatic rings. The van der Waals surface area contributed by atoms with E-state index in [1.165, 1.54) is 7.11 Å². The molecule has 152 valence electrons. The molecule has 2 atom stereocenters. The Balaban J connectivity index is 0.00000280. The maximum atomic E-state index is 11.7. The van der Waals surface area contributed by atoms with Crippen LogP contribution in [-0.2, 0) is 14.3 Å². The average Bonchev–Trinajstić information content (AvgIpc) is 3.16. The predicted octanol–water partition coefficient (Wildman–Crippen LogP) is 2.95. The van der Waals surface area contributed by atoms with Crippen LogP contribution in [0.25, 0.3) is 17.0 Å². The zero-order valence-electron chi connectivity index (χ0n) is 16.0. The van der Waals surface area contributed by atoms with Gasteiger partial charge in [-0.1, -0.05) is 18.7 Å². The Labute approximate surface area is 170 Å². The Morgan fingerprint density at radius 2 is 2.21 bits per heavy atom. The standard InChI is InChI=1S/C20H24N2O5.ClH/c1-4-13-6-7-16-15(8-13)18(10-19(22-16)26-12-25-5-2)27-14-9-17(21-11-14)20(23)24-3;/h4,6-8,10,14,17,21H,1,5,9,11-12H2,2-3H3;1H/t14-,17+;/m1./s1. The Morgan fingerprint density at radius 3 is 2.93 bits per heavy atom. The molecule has 2 aromatic rings. The van der Waals surface area contributed by atoms with Gasteiger partial charge >= 0.3 is 5.97 Å². The number of carbonyl (C=O) groups excluding carboxylic acids is 1. The fourth-order valence-electron chi connectivity index (χ4n) is 2.97. The van der Waals surface area contributed by atoms with Gasteiger partial charge in [-0.3, -0.25) is 4.79 Å². The molecule has 3 rings (SSSR count). The first-order valence-corrected chi connectivity index (χ1v) is 8.90. The largest absolute Gasteiger partial charge is 0.488 e. The van der Waals surface area contributed by atoms with Gasteiger partial charge in [0.15, 0.2) is 6.79 Å². The molecule has 1 N–H and O–H groups in total. The quantitative estimate of drug-likeness (QED) is 0.408. The van der Waals surface area contributed by atoms with Gasteiger partial charge in [-0.05, 0) is 24.6 Å². The second kappa shape index (κ2) is 10.3. The molecular weight excluding hydrogens is 384 g/mol.